The van der Waals surface area contributed by atoms with E-state index in [1.54, 1.807) is 30.2 Å². The van der Waals surface area contributed by atoms with Gasteiger partial charge in [0.25, 0.3) is 0 Å². The smallest absolute Gasteiger partial charge is 0.100 e. The number of nitrogens with zero attached hydrogens (tertiary/aromatic N) is 2. The number of hydrogen-bond donors (Lipinski definition) is 0. The highest BCUT2D eigenvalue weighted by Crippen LogP contribution is 2.29. The third-order valence-corrected chi connectivity index (χ3v) is 3.65. The van der Waals surface area contributed by atoms with Crippen molar-refractivity contribution >= 4 is 11.8 Å². The van der Waals surface area contributed by atoms with Crippen LogP contribution in [0.25, 0.3) is 0 Å². The Bertz CT molecular complexity index is 341. The molecule has 1 aromatic rings. The van der Waals surface area contributed by atoms with Gasteiger partial charge in [0, 0.05) is 22.5 Å². The summed E-state index contributed by atoms with van der Waals surface area (Å²) in [7, 11) is 0. The summed E-state index contributed by atoms with van der Waals surface area (Å²) in [6.45, 7) is 6.53. The molecule has 0 amide bonds. The Hall–Kier alpha value is -1.01. The van der Waals surface area contributed by atoms with E-state index < -0.39 is 0 Å². The minimum absolute atomic E-state index is 0.506. The number of nitriles is 1. The summed E-state index contributed by atoms with van der Waals surface area (Å²) in [6.07, 6.45) is 3.42. The van der Waals surface area contributed by atoms with Crippen molar-refractivity contribution in [1.29, 1.82) is 5.26 Å². The first-order chi connectivity index (χ1) is 6.65. The van der Waals surface area contributed by atoms with Crippen LogP contribution >= 0.6 is 11.8 Å². The van der Waals surface area contributed by atoms with Crippen LogP contribution in [0.5, 0.6) is 0 Å². The van der Waals surface area contributed by atoms with Crippen molar-refractivity contribution < 1.29 is 0 Å². The topological polar surface area (TPSA) is 36.7 Å². The first-order valence-corrected chi connectivity index (χ1v) is 5.54. The van der Waals surface area contributed by atoms with Crippen LogP contribution in [0.3, 0.4) is 0 Å². The Kier molecular flexibility index (Phi) is 3.97. The molecule has 1 aromatic heterocycles. The molecule has 0 fully saturated rings. The molecule has 3 heteroatoms. The lowest BCUT2D eigenvalue weighted by Gasteiger charge is -2.14. The lowest BCUT2D eigenvalue weighted by Crippen LogP contribution is -2.05. The fourth-order valence-electron chi connectivity index (χ4n) is 0.903. The van der Waals surface area contributed by atoms with Crippen LogP contribution in [0.4, 0.5) is 0 Å². The molecule has 0 spiro atoms. The molecule has 0 N–H and O–H groups in total. The van der Waals surface area contributed by atoms with Crippen LogP contribution in [0.2, 0.25) is 0 Å². The van der Waals surface area contributed by atoms with Gasteiger partial charge in [0.05, 0.1) is 5.56 Å². The molecule has 0 aromatic carbocycles. The molecule has 0 bridgehead atoms. The number of thioether (sulfide) groups is 1. The Labute approximate surface area is 89.4 Å². The van der Waals surface area contributed by atoms with Gasteiger partial charge in [0.2, 0.25) is 0 Å². The lowest BCUT2D eigenvalue weighted by molar-refractivity contribution is 0.642. The van der Waals surface area contributed by atoms with Crippen molar-refractivity contribution in [1.82, 2.24) is 4.98 Å². The molecular formula is C11H14N2S. The molecule has 14 heavy (non-hydrogen) atoms. The fourth-order valence-corrected chi connectivity index (χ4v) is 1.94. The van der Waals surface area contributed by atoms with Gasteiger partial charge >= 0.3 is 0 Å². The number of hydrogen-bond acceptors (Lipinski definition) is 3. The maximum absolute atomic E-state index is 8.88. The Balaban J connectivity index is 2.82. The summed E-state index contributed by atoms with van der Waals surface area (Å²) in [5.74, 6) is 0.603. The molecule has 0 aliphatic carbocycles. The van der Waals surface area contributed by atoms with Crippen molar-refractivity contribution in [2.24, 2.45) is 5.92 Å². The lowest BCUT2D eigenvalue weighted by atomic mass is 10.2. The van der Waals surface area contributed by atoms with E-state index >= 15 is 0 Å². The second-order valence-corrected chi connectivity index (χ2v) is 4.97. The number of rotatable bonds is 3. The van der Waals surface area contributed by atoms with Crippen molar-refractivity contribution in [2.45, 2.75) is 30.9 Å². The predicted octanol–water partition coefficient (Wildman–Crippen LogP) is 3.09. The molecule has 1 heterocycles. The van der Waals surface area contributed by atoms with Crippen LogP contribution < -0.4 is 0 Å². The molecule has 0 saturated carbocycles. The highest BCUT2D eigenvalue weighted by molar-refractivity contribution is 8.00. The van der Waals surface area contributed by atoms with Crippen molar-refractivity contribution in [3.8, 4) is 6.07 Å². The second-order valence-electron chi connectivity index (χ2n) is 3.55. The molecule has 2 nitrogen and oxygen atoms in total. The maximum atomic E-state index is 8.88. The van der Waals surface area contributed by atoms with E-state index in [0.29, 0.717) is 11.2 Å². The van der Waals surface area contributed by atoms with E-state index in [-0.39, 0.29) is 0 Å². The summed E-state index contributed by atoms with van der Waals surface area (Å²) < 4.78 is 0. The van der Waals surface area contributed by atoms with Gasteiger partial charge in [-0.2, -0.15) is 5.26 Å². The zero-order chi connectivity index (χ0) is 10.6. The van der Waals surface area contributed by atoms with Crippen LogP contribution in [0, 0.1) is 17.2 Å². The first-order valence-electron chi connectivity index (χ1n) is 4.66. The van der Waals surface area contributed by atoms with Crippen LogP contribution in [0.1, 0.15) is 26.3 Å². The summed E-state index contributed by atoms with van der Waals surface area (Å²) in [6, 6.07) is 3.94. The van der Waals surface area contributed by atoms with Crippen molar-refractivity contribution in [3.05, 3.63) is 24.0 Å². The van der Waals surface area contributed by atoms with E-state index in [2.05, 4.69) is 31.8 Å². The predicted molar refractivity (Wildman–Crippen MR) is 59.1 cm³/mol. The first kappa shape index (κ1) is 11.1. The van der Waals surface area contributed by atoms with E-state index in [1.165, 1.54) is 0 Å². The van der Waals surface area contributed by atoms with Gasteiger partial charge in [-0.1, -0.05) is 20.8 Å². The van der Waals surface area contributed by atoms with Gasteiger partial charge in [0.1, 0.15) is 6.07 Å². The highest BCUT2D eigenvalue weighted by atomic mass is 32.2. The minimum atomic E-state index is 0.506. The van der Waals surface area contributed by atoms with Gasteiger partial charge in [-0.05, 0) is 12.0 Å². The van der Waals surface area contributed by atoms with Crippen LogP contribution in [-0.4, -0.2) is 10.2 Å². The second kappa shape index (κ2) is 5.02. The molecule has 74 valence electrons. The summed E-state index contributed by atoms with van der Waals surface area (Å²) in [5, 5.41) is 9.38. The summed E-state index contributed by atoms with van der Waals surface area (Å²) in [4.78, 5) is 5.02. The van der Waals surface area contributed by atoms with E-state index in [0.717, 1.165) is 10.5 Å². The van der Waals surface area contributed by atoms with Crippen LogP contribution in [-0.2, 0) is 0 Å². The molecule has 0 aliphatic heterocycles. The largest absolute Gasteiger partial charge is 0.263 e. The fraction of sp³-hybridized carbons (Fsp3) is 0.455. The Morgan fingerprint density at radius 2 is 2.14 bits per heavy atom. The third kappa shape index (κ3) is 2.74. The van der Waals surface area contributed by atoms with Gasteiger partial charge in [0.15, 0.2) is 0 Å². The molecular weight excluding hydrogens is 192 g/mol. The SMILES string of the molecule is CC(C)C(C)Sc1cnccc1C#N. The molecule has 0 aliphatic rings. The monoisotopic (exact) mass is 206 g/mol. The normalized spacial score (nSPS) is 12.5. The zero-order valence-corrected chi connectivity index (χ0v) is 9.51. The van der Waals surface area contributed by atoms with Crippen molar-refractivity contribution in [3.63, 3.8) is 0 Å². The summed E-state index contributed by atoms with van der Waals surface area (Å²) >= 11 is 1.72. The summed E-state index contributed by atoms with van der Waals surface area (Å²) in [5.41, 5.74) is 0.720. The van der Waals surface area contributed by atoms with E-state index in [1.807, 2.05) is 0 Å². The van der Waals surface area contributed by atoms with Gasteiger partial charge in [-0.25, -0.2) is 0 Å². The third-order valence-electron chi connectivity index (χ3n) is 2.16. The molecule has 0 saturated heterocycles. The van der Waals surface area contributed by atoms with Gasteiger partial charge < -0.3 is 0 Å². The molecule has 1 atom stereocenters. The van der Waals surface area contributed by atoms with Gasteiger partial charge in [-0.3, -0.25) is 4.98 Å². The molecule has 1 unspecified atom stereocenters. The molecule has 1 rings (SSSR count). The van der Waals surface area contributed by atoms with E-state index in [9.17, 15) is 0 Å². The zero-order valence-electron chi connectivity index (χ0n) is 8.69. The van der Waals surface area contributed by atoms with E-state index in [4.69, 9.17) is 5.26 Å². The Morgan fingerprint density at radius 3 is 2.71 bits per heavy atom. The number of pyridine rings is 1. The standard InChI is InChI=1S/C11H14N2S/c1-8(2)9(3)14-11-7-13-5-4-10(11)6-12/h4-5,7-9H,1-3H3. The van der Waals surface area contributed by atoms with Gasteiger partial charge in [-0.15, -0.1) is 11.8 Å². The average molecular weight is 206 g/mol. The average Bonchev–Trinajstić information content (AvgIpc) is 2.18. The Morgan fingerprint density at radius 1 is 1.43 bits per heavy atom. The maximum Gasteiger partial charge on any atom is 0.100 e. The minimum Gasteiger partial charge on any atom is -0.263 e. The van der Waals surface area contributed by atoms with Crippen molar-refractivity contribution in [2.75, 3.05) is 0 Å². The highest BCUT2D eigenvalue weighted by Gasteiger charge is 2.11. The van der Waals surface area contributed by atoms with Crippen LogP contribution in [0.15, 0.2) is 23.4 Å². The molecule has 0 radical (unpaired) electrons. The quantitative estimate of drug-likeness (QED) is 0.713. The number of aromatic nitrogens is 1.